The van der Waals surface area contributed by atoms with E-state index >= 15 is 0 Å². The summed E-state index contributed by atoms with van der Waals surface area (Å²) in [5.41, 5.74) is 4.93. The normalized spacial score (nSPS) is 12.4. The minimum atomic E-state index is -0.107. The standard InChI is InChI=1S/C16H21N3OS/c1-11(2)20-14-8-13(9-18-10-14)16(19-17)12-4-6-15(21-3)7-5-12/h4-11,16,19H,17H2,1-3H3. The molecule has 1 unspecified atom stereocenters. The van der Waals surface area contributed by atoms with Crippen LogP contribution in [0.4, 0.5) is 0 Å². The smallest absolute Gasteiger partial charge is 0.138 e. The molecule has 0 aliphatic carbocycles. The molecule has 0 aliphatic rings. The Morgan fingerprint density at radius 1 is 1.14 bits per heavy atom. The molecule has 1 aromatic heterocycles. The van der Waals surface area contributed by atoms with Crippen molar-refractivity contribution in [1.82, 2.24) is 10.4 Å². The largest absolute Gasteiger partial charge is 0.489 e. The van der Waals surface area contributed by atoms with Crippen molar-refractivity contribution >= 4 is 11.8 Å². The first kappa shape index (κ1) is 15.8. The summed E-state index contributed by atoms with van der Waals surface area (Å²) in [6.07, 6.45) is 5.70. The summed E-state index contributed by atoms with van der Waals surface area (Å²) >= 11 is 1.72. The Labute approximate surface area is 130 Å². The molecule has 0 radical (unpaired) electrons. The van der Waals surface area contributed by atoms with E-state index in [4.69, 9.17) is 10.6 Å². The van der Waals surface area contributed by atoms with Crippen LogP contribution in [0.3, 0.4) is 0 Å². The summed E-state index contributed by atoms with van der Waals surface area (Å²) in [5.74, 6) is 6.49. The lowest BCUT2D eigenvalue weighted by molar-refractivity contribution is 0.241. The zero-order valence-corrected chi connectivity index (χ0v) is 13.4. The summed E-state index contributed by atoms with van der Waals surface area (Å²) in [6, 6.07) is 10.2. The Balaban J connectivity index is 2.27. The summed E-state index contributed by atoms with van der Waals surface area (Å²) in [4.78, 5) is 5.47. The first-order chi connectivity index (χ1) is 10.1. The third-order valence-corrected chi connectivity index (χ3v) is 3.80. The van der Waals surface area contributed by atoms with Crippen molar-refractivity contribution in [3.05, 3.63) is 53.9 Å². The molecule has 112 valence electrons. The molecule has 1 aromatic carbocycles. The van der Waals surface area contributed by atoms with Gasteiger partial charge in [-0.1, -0.05) is 12.1 Å². The van der Waals surface area contributed by atoms with Crippen molar-refractivity contribution < 1.29 is 4.74 Å². The second kappa shape index (κ2) is 7.45. The van der Waals surface area contributed by atoms with Crippen molar-refractivity contribution in [2.75, 3.05) is 6.26 Å². The van der Waals surface area contributed by atoms with Crippen LogP contribution in [0.5, 0.6) is 5.75 Å². The number of nitrogens with two attached hydrogens (primary N) is 1. The number of hydrogen-bond donors (Lipinski definition) is 2. The number of hydrazine groups is 1. The highest BCUT2D eigenvalue weighted by Gasteiger charge is 2.14. The monoisotopic (exact) mass is 303 g/mol. The zero-order valence-electron chi connectivity index (χ0n) is 12.5. The fraction of sp³-hybridized carbons (Fsp3) is 0.312. The first-order valence-corrected chi connectivity index (χ1v) is 8.08. The van der Waals surface area contributed by atoms with Crippen LogP contribution >= 0.6 is 11.8 Å². The Bertz CT molecular complexity index is 572. The molecule has 2 rings (SSSR count). The number of nitrogens with zero attached hydrogens (tertiary/aromatic N) is 1. The van der Waals surface area contributed by atoms with Gasteiger partial charge in [0.2, 0.25) is 0 Å². The highest BCUT2D eigenvalue weighted by atomic mass is 32.2. The van der Waals surface area contributed by atoms with Gasteiger partial charge in [-0.3, -0.25) is 10.8 Å². The molecule has 3 N–H and O–H groups in total. The zero-order chi connectivity index (χ0) is 15.2. The molecule has 0 spiro atoms. The van der Waals surface area contributed by atoms with Gasteiger partial charge in [-0.15, -0.1) is 11.8 Å². The maximum absolute atomic E-state index is 5.73. The van der Waals surface area contributed by atoms with Crippen LogP contribution in [-0.2, 0) is 0 Å². The Morgan fingerprint density at radius 3 is 2.43 bits per heavy atom. The summed E-state index contributed by atoms with van der Waals surface area (Å²) in [7, 11) is 0. The van der Waals surface area contributed by atoms with Gasteiger partial charge >= 0.3 is 0 Å². The molecule has 1 atom stereocenters. The van der Waals surface area contributed by atoms with E-state index in [1.165, 1.54) is 4.90 Å². The van der Waals surface area contributed by atoms with Crippen LogP contribution in [0.25, 0.3) is 0 Å². The maximum Gasteiger partial charge on any atom is 0.138 e. The maximum atomic E-state index is 5.73. The minimum Gasteiger partial charge on any atom is -0.489 e. The SMILES string of the molecule is CSc1ccc(C(NN)c2cncc(OC(C)C)c2)cc1. The Hall–Kier alpha value is -1.56. The predicted octanol–water partition coefficient (Wildman–Crippen LogP) is 3.14. The lowest BCUT2D eigenvalue weighted by atomic mass is 10.0. The van der Waals surface area contributed by atoms with Crippen LogP contribution in [0.1, 0.15) is 31.0 Å². The second-order valence-electron chi connectivity index (χ2n) is 4.99. The van der Waals surface area contributed by atoms with Gasteiger partial charge in [-0.05, 0) is 49.4 Å². The van der Waals surface area contributed by atoms with Gasteiger partial charge in [0.25, 0.3) is 0 Å². The van der Waals surface area contributed by atoms with E-state index in [-0.39, 0.29) is 12.1 Å². The number of thioether (sulfide) groups is 1. The predicted molar refractivity (Wildman–Crippen MR) is 87.4 cm³/mol. The van der Waals surface area contributed by atoms with E-state index in [0.29, 0.717) is 0 Å². The molecule has 0 saturated heterocycles. The van der Waals surface area contributed by atoms with Crippen LogP contribution in [0.15, 0.2) is 47.6 Å². The number of benzene rings is 1. The van der Waals surface area contributed by atoms with E-state index < -0.39 is 0 Å². The van der Waals surface area contributed by atoms with Gasteiger partial charge in [-0.25, -0.2) is 5.43 Å². The van der Waals surface area contributed by atoms with Gasteiger partial charge in [0.05, 0.1) is 18.3 Å². The van der Waals surface area contributed by atoms with E-state index in [1.54, 1.807) is 24.2 Å². The van der Waals surface area contributed by atoms with Crippen LogP contribution in [0, 0.1) is 0 Å². The molecular formula is C16H21N3OS. The van der Waals surface area contributed by atoms with E-state index in [2.05, 4.69) is 40.9 Å². The van der Waals surface area contributed by atoms with Crippen LogP contribution in [-0.4, -0.2) is 17.3 Å². The van der Waals surface area contributed by atoms with Crippen molar-refractivity contribution in [2.45, 2.75) is 30.9 Å². The fourth-order valence-electron chi connectivity index (χ4n) is 2.11. The van der Waals surface area contributed by atoms with E-state index in [0.717, 1.165) is 16.9 Å². The van der Waals surface area contributed by atoms with Crippen LogP contribution in [0.2, 0.25) is 0 Å². The highest BCUT2D eigenvalue weighted by molar-refractivity contribution is 7.98. The van der Waals surface area contributed by atoms with Gasteiger partial charge in [0.15, 0.2) is 0 Å². The number of pyridine rings is 1. The first-order valence-electron chi connectivity index (χ1n) is 6.85. The van der Waals surface area contributed by atoms with Gasteiger partial charge < -0.3 is 4.74 Å². The molecule has 4 nitrogen and oxygen atoms in total. The number of rotatable bonds is 6. The molecule has 2 aromatic rings. The molecule has 0 fully saturated rings. The average molecular weight is 303 g/mol. The Morgan fingerprint density at radius 2 is 1.86 bits per heavy atom. The third kappa shape index (κ3) is 4.20. The van der Waals surface area contributed by atoms with Crippen molar-refractivity contribution in [3.8, 4) is 5.75 Å². The Kier molecular flexibility index (Phi) is 5.61. The van der Waals surface area contributed by atoms with Gasteiger partial charge in [0, 0.05) is 11.1 Å². The molecule has 1 heterocycles. The van der Waals surface area contributed by atoms with E-state index in [1.807, 2.05) is 19.9 Å². The van der Waals surface area contributed by atoms with E-state index in [9.17, 15) is 0 Å². The van der Waals surface area contributed by atoms with Gasteiger partial charge in [-0.2, -0.15) is 0 Å². The van der Waals surface area contributed by atoms with Crippen LogP contribution < -0.4 is 16.0 Å². The lowest BCUT2D eigenvalue weighted by Crippen LogP contribution is -2.29. The molecule has 0 bridgehead atoms. The lowest BCUT2D eigenvalue weighted by Gasteiger charge is -2.18. The molecule has 0 saturated carbocycles. The quantitative estimate of drug-likeness (QED) is 0.488. The number of nitrogens with one attached hydrogen (secondary N) is 1. The average Bonchev–Trinajstić information content (AvgIpc) is 2.48. The van der Waals surface area contributed by atoms with Gasteiger partial charge in [0.1, 0.15) is 5.75 Å². The second-order valence-corrected chi connectivity index (χ2v) is 5.87. The number of aromatic nitrogens is 1. The van der Waals surface area contributed by atoms with Crippen molar-refractivity contribution in [2.24, 2.45) is 5.84 Å². The van der Waals surface area contributed by atoms with Crippen molar-refractivity contribution in [3.63, 3.8) is 0 Å². The molecule has 21 heavy (non-hydrogen) atoms. The number of hydrogen-bond acceptors (Lipinski definition) is 5. The topological polar surface area (TPSA) is 60.2 Å². The fourth-order valence-corrected chi connectivity index (χ4v) is 2.52. The summed E-state index contributed by atoms with van der Waals surface area (Å²) in [6.45, 7) is 3.99. The third-order valence-electron chi connectivity index (χ3n) is 3.06. The minimum absolute atomic E-state index is 0.107. The molecular weight excluding hydrogens is 282 g/mol. The summed E-state index contributed by atoms with van der Waals surface area (Å²) in [5, 5.41) is 0. The summed E-state index contributed by atoms with van der Waals surface area (Å²) < 4.78 is 5.69. The molecule has 0 amide bonds. The highest BCUT2D eigenvalue weighted by Crippen LogP contribution is 2.25. The molecule has 5 heteroatoms. The van der Waals surface area contributed by atoms with Crippen molar-refractivity contribution in [1.29, 1.82) is 0 Å². The molecule has 0 aliphatic heterocycles. The number of ether oxygens (including phenoxy) is 1.